The first-order chi connectivity index (χ1) is 9.16. The predicted molar refractivity (Wildman–Crippen MR) is 73.9 cm³/mol. The molecule has 98 valence electrons. The van der Waals surface area contributed by atoms with Crippen molar-refractivity contribution in [2.24, 2.45) is 0 Å². The molecule has 19 heavy (non-hydrogen) atoms. The van der Waals surface area contributed by atoms with Gasteiger partial charge in [-0.3, -0.25) is 9.78 Å². The number of aromatic nitrogens is 1. The number of benzene rings is 1. The van der Waals surface area contributed by atoms with Gasteiger partial charge in [0.15, 0.2) is 0 Å². The summed E-state index contributed by atoms with van der Waals surface area (Å²) in [6.07, 6.45) is 2.37. The van der Waals surface area contributed by atoms with Gasteiger partial charge in [0.05, 0.1) is 0 Å². The van der Waals surface area contributed by atoms with Gasteiger partial charge in [-0.25, -0.2) is 4.39 Å². The average molecular weight is 276 g/mol. The molecule has 2 rings (SSSR count). The Morgan fingerprint density at radius 1 is 1.32 bits per heavy atom. The van der Waals surface area contributed by atoms with E-state index in [2.05, 4.69) is 22.9 Å². The molecule has 3 nitrogen and oxygen atoms in total. The Labute approximate surface area is 116 Å². The molecular formula is C14H13FN2OS. The lowest BCUT2D eigenvalue weighted by atomic mass is 10.2. The van der Waals surface area contributed by atoms with Crippen LogP contribution in [0.25, 0.3) is 0 Å². The van der Waals surface area contributed by atoms with Gasteiger partial charge >= 0.3 is 0 Å². The van der Waals surface area contributed by atoms with E-state index in [4.69, 9.17) is 0 Å². The van der Waals surface area contributed by atoms with E-state index < -0.39 is 5.82 Å². The first kappa shape index (κ1) is 13.5. The molecule has 0 radical (unpaired) electrons. The minimum atomic E-state index is -0.437. The maximum Gasteiger partial charge on any atom is 0.251 e. The maximum absolute atomic E-state index is 13.0. The molecular weight excluding hydrogens is 263 g/mol. The fourth-order valence-electron chi connectivity index (χ4n) is 1.61. The van der Waals surface area contributed by atoms with E-state index in [9.17, 15) is 9.18 Å². The van der Waals surface area contributed by atoms with E-state index in [1.54, 1.807) is 6.20 Å². The second kappa shape index (κ2) is 6.33. The van der Waals surface area contributed by atoms with Crippen LogP contribution in [-0.2, 0) is 6.42 Å². The van der Waals surface area contributed by atoms with Gasteiger partial charge in [-0.2, -0.15) is 0 Å². The molecule has 0 aliphatic rings. The molecule has 1 aromatic heterocycles. The number of amides is 1. The normalized spacial score (nSPS) is 10.2. The van der Waals surface area contributed by atoms with Gasteiger partial charge in [0.1, 0.15) is 5.82 Å². The van der Waals surface area contributed by atoms with Crippen molar-refractivity contribution in [3.63, 3.8) is 0 Å². The van der Waals surface area contributed by atoms with Crippen LogP contribution in [0.15, 0.2) is 47.5 Å². The number of hydrogen-bond donors (Lipinski definition) is 2. The highest BCUT2D eigenvalue weighted by Gasteiger charge is 2.07. The predicted octanol–water partition coefficient (Wildman–Crippen LogP) is 2.48. The van der Waals surface area contributed by atoms with E-state index in [1.807, 2.05) is 18.2 Å². The molecule has 1 amide bonds. The lowest BCUT2D eigenvalue weighted by Gasteiger charge is -2.06. The minimum absolute atomic E-state index is 0.164. The van der Waals surface area contributed by atoms with Gasteiger partial charge in [0.2, 0.25) is 0 Å². The van der Waals surface area contributed by atoms with Crippen molar-refractivity contribution in [2.75, 3.05) is 6.54 Å². The smallest absolute Gasteiger partial charge is 0.251 e. The van der Waals surface area contributed by atoms with Crippen LogP contribution in [0.2, 0.25) is 0 Å². The number of pyridine rings is 1. The monoisotopic (exact) mass is 276 g/mol. The Bertz CT molecular complexity index is 575. The zero-order valence-corrected chi connectivity index (χ0v) is 11.0. The number of nitrogens with one attached hydrogen (secondary N) is 1. The highest BCUT2D eigenvalue weighted by molar-refractivity contribution is 7.80. The Morgan fingerprint density at radius 3 is 2.84 bits per heavy atom. The molecule has 0 unspecified atom stereocenters. The lowest BCUT2D eigenvalue weighted by Crippen LogP contribution is -2.25. The van der Waals surface area contributed by atoms with Crippen LogP contribution in [0.5, 0.6) is 0 Å². The third-order valence-corrected chi connectivity index (χ3v) is 2.94. The summed E-state index contributed by atoms with van der Waals surface area (Å²) in [5.74, 6) is -0.681. The summed E-state index contributed by atoms with van der Waals surface area (Å²) in [5.41, 5.74) is 1.31. The Kier molecular flexibility index (Phi) is 4.52. The third kappa shape index (κ3) is 3.79. The molecule has 0 bridgehead atoms. The molecule has 0 saturated heterocycles. The van der Waals surface area contributed by atoms with Crippen molar-refractivity contribution < 1.29 is 9.18 Å². The standard InChI is InChI=1S/C14H13FN2OS/c15-12-5-4-10(9-13(12)19)14(18)17-8-6-11-3-1-2-7-16-11/h1-5,7,9,19H,6,8H2,(H,17,18). The first-order valence-electron chi connectivity index (χ1n) is 5.83. The molecule has 0 aliphatic carbocycles. The number of hydrogen-bond acceptors (Lipinski definition) is 3. The zero-order valence-electron chi connectivity index (χ0n) is 10.1. The number of carbonyl (C=O) groups is 1. The molecule has 5 heteroatoms. The summed E-state index contributed by atoms with van der Waals surface area (Å²) in [7, 11) is 0. The van der Waals surface area contributed by atoms with Crippen LogP contribution < -0.4 is 5.32 Å². The molecule has 0 saturated carbocycles. The van der Waals surface area contributed by atoms with Crippen molar-refractivity contribution in [3.8, 4) is 0 Å². The van der Waals surface area contributed by atoms with Crippen LogP contribution in [-0.4, -0.2) is 17.4 Å². The number of thiol groups is 1. The highest BCUT2D eigenvalue weighted by Crippen LogP contribution is 2.14. The lowest BCUT2D eigenvalue weighted by molar-refractivity contribution is 0.0954. The SMILES string of the molecule is O=C(NCCc1ccccn1)c1ccc(F)c(S)c1. The van der Waals surface area contributed by atoms with Crippen molar-refractivity contribution in [1.29, 1.82) is 0 Å². The second-order valence-corrected chi connectivity index (χ2v) is 4.47. The molecule has 0 aliphatic heterocycles. The summed E-state index contributed by atoms with van der Waals surface area (Å²) < 4.78 is 13.0. The molecule has 1 N–H and O–H groups in total. The van der Waals surface area contributed by atoms with Gasteiger partial charge in [-0.05, 0) is 30.3 Å². The summed E-state index contributed by atoms with van der Waals surface area (Å²) in [5, 5.41) is 2.76. The van der Waals surface area contributed by atoms with Gasteiger partial charge in [0, 0.05) is 35.3 Å². The van der Waals surface area contributed by atoms with Crippen LogP contribution in [0.4, 0.5) is 4.39 Å². The molecule has 0 atom stereocenters. The van der Waals surface area contributed by atoms with Crippen molar-refractivity contribution in [1.82, 2.24) is 10.3 Å². The first-order valence-corrected chi connectivity index (χ1v) is 6.28. The van der Waals surface area contributed by atoms with E-state index in [0.29, 0.717) is 18.5 Å². The molecule has 0 spiro atoms. The zero-order chi connectivity index (χ0) is 13.7. The van der Waals surface area contributed by atoms with Crippen LogP contribution in [0.1, 0.15) is 16.1 Å². The van der Waals surface area contributed by atoms with Crippen molar-refractivity contribution in [2.45, 2.75) is 11.3 Å². The van der Waals surface area contributed by atoms with Crippen molar-refractivity contribution in [3.05, 3.63) is 59.7 Å². The molecule has 1 aromatic carbocycles. The van der Waals surface area contributed by atoms with Crippen LogP contribution >= 0.6 is 12.6 Å². The van der Waals surface area contributed by atoms with E-state index in [0.717, 1.165) is 5.69 Å². The summed E-state index contributed by atoms with van der Waals surface area (Å²) in [4.78, 5) is 16.1. The maximum atomic E-state index is 13.0. The van der Waals surface area contributed by atoms with Gasteiger partial charge in [0.25, 0.3) is 5.91 Å². The van der Waals surface area contributed by atoms with Gasteiger partial charge in [-0.15, -0.1) is 12.6 Å². The summed E-state index contributed by atoms with van der Waals surface area (Å²) in [6, 6.07) is 9.72. The van der Waals surface area contributed by atoms with Gasteiger partial charge in [-0.1, -0.05) is 6.07 Å². The Hall–Kier alpha value is -1.88. The minimum Gasteiger partial charge on any atom is -0.352 e. The fraction of sp³-hybridized carbons (Fsp3) is 0.143. The third-order valence-electron chi connectivity index (χ3n) is 2.60. The number of halogens is 1. The number of carbonyl (C=O) groups excluding carboxylic acids is 1. The average Bonchev–Trinajstić information content (AvgIpc) is 2.43. The molecule has 1 heterocycles. The fourth-order valence-corrected chi connectivity index (χ4v) is 1.82. The largest absolute Gasteiger partial charge is 0.352 e. The quantitative estimate of drug-likeness (QED) is 0.842. The topological polar surface area (TPSA) is 42.0 Å². The summed E-state index contributed by atoms with van der Waals surface area (Å²) >= 11 is 3.95. The van der Waals surface area contributed by atoms with E-state index in [-0.39, 0.29) is 10.8 Å². The van der Waals surface area contributed by atoms with Crippen LogP contribution in [0.3, 0.4) is 0 Å². The van der Waals surface area contributed by atoms with E-state index >= 15 is 0 Å². The molecule has 2 aromatic rings. The number of nitrogens with zero attached hydrogens (tertiary/aromatic N) is 1. The number of rotatable bonds is 4. The highest BCUT2D eigenvalue weighted by atomic mass is 32.1. The van der Waals surface area contributed by atoms with E-state index in [1.165, 1.54) is 18.2 Å². The Morgan fingerprint density at radius 2 is 2.16 bits per heavy atom. The Balaban J connectivity index is 1.89. The van der Waals surface area contributed by atoms with Gasteiger partial charge < -0.3 is 5.32 Å². The molecule has 0 fully saturated rings. The second-order valence-electron chi connectivity index (χ2n) is 3.99. The van der Waals surface area contributed by atoms with Crippen molar-refractivity contribution >= 4 is 18.5 Å². The summed E-state index contributed by atoms with van der Waals surface area (Å²) in [6.45, 7) is 0.481. The van der Waals surface area contributed by atoms with Crippen LogP contribution in [0, 0.1) is 5.82 Å².